The maximum Gasteiger partial charge on any atom is 0.0659 e. The van der Waals surface area contributed by atoms with Gasteiger partial charge in [-0.3, -0.25) is 4.99 Å². The third-order valence-electron chi connectivity index (χ3n) is 5.93. The number of allylic oxidation sites excluding steroid dienone is 1. The first-order chi connectivity index (χ1) is 15.1. The number of rotatable bonds is 1. The Morgan fingerprint density at radius 1 is 0.750 bits per heavy atom. The van der Waals surface area contributed by atoms with E-state index in [1.807, 2.05) is 42.8 Å². The average Bonchev–Trinajstić information content (AvgIpc) is 3.53. The van der Waals surface area contributed by atoms with E-state index in [2.05, 4.69) is 69.3 Å². The van der Waals surface area contributed by atoms with Crippen LogP contribution in [0.1, 0.15) is 41.7 Å². The molecule has 6 heteroatoms. The standard InChI is InChI=1S/C26H21N5.Co/c1-26(8-10-27-11-9-26)24-15-23-14-21-5-4-19(29-21)12-17-2-3-18(28-17)13-20-6-7-22(30-20)16-25(24)31-23;/h2-8,10-16,29,31H,9H2,1H3;. The van der Waals surface area contributed by atoms with Gasteiger partial charge in [0.25, 0.3) is 0 Å². The van der Waals surface area contributed by atoms with Gasteiger partial charge in [-0.05, 0) is 78.8 Å². The summed E-state index contributed by atoms with van der Waals surface area (Å²) in [4.78, 5) is 20.8. The first kappa shape index (κ1) is 20.4. The fourth-order valence-corrected chi connectivity index (χ4v) is 4.27. The van der Waals surface area contributed by atoms with Crippen molar-refractivity contribution in [1.82, 2.24) is 19.9 Å². The predicted octanol–water partition coefficient (Wildman–Crippen LogP) is 5.90. The number of aromatic amines is 2. The molecule has 3 aliphatic heterocycles. The van der Waals surface area contributed by atoms with Gasteiger partial charge in [0, 0.05) is 56.7 Å². The molecule has 0 saturated carbocycles. The van der Waals surface area contributed by atoms with Crippen molar-refractivity contribution in [1.29, 1.82) is 0 Å². The van der Waals surface area contributed by atoms with Crippen molar-refractivity contribution in [3.63, 3.8) is 0 Å². The second kappa shape index (κ2) is 7.89. The molecule has 6 rings (SSSR count). The van der Waals surface area contributed by atoms with E-state index in [0.717, 1.165) is 51.3 Å². The van der Waals surface area contributed by atoms with Crippen LogP contribution in [0.4, 0.5) is 0 Å². The zero-order valence-electron chi connectivity index (χ0n) is 17.5. The molecule has 6 heterocycles. The Labute approximate surface area is 196 Å². The van der Waals surface area contributed by atoms with E-state index in [9.17, 15) is 0 Å². The molecule has 0 amide bonds. The Bertz CT molecular complexity index is 1480. The summed E-state index contributed by atoms with van der Waals surface area (Å²) in [5, 5.41) is 0. The Hall–Kier alpha value is -3.48. The van der Waals surface area contributed by atoms with Crippen LogP contribution in [0.5, 0.6) is 0 Å². The van der Waals surface area contributed by atoms with E-state index in [-0.39, 0.29) is 22.2 Å². The monoisotopic (exact) mass is 462 g/mol. The van der Waals surface area contributed by atoms with Crippen molar-refractivity contribution in [3.05, 3.63) is 83.1 Å². The van der Waals surface area contributed by atoms with Crippen LogP contribution < -0.4 is 0 Å². The first-order valence-electron chi connectivity index (χ1n) is 10.4. The van der Waals surface area contributed by atoms with Gasteiger partial charge in [-0.2, -0.15) is 0 Å². The van der Waals surface area contributed by atoms with Gasteiger partial charge >= 0.3 is 0 Å². The van der Waals surface area contributed by atoms with Crippen molar-refractivity contribution >= 4 is 52.6 Å². The SMILES string of the molecule is CC1(c2cc3cc4ccc(cc5nc(cc6nc(cc2[nH]3)C=C6)C=C5)[nH]4)C=CN=CC1.[Co]. The molecule has 0 saturated heterocycles. The van der Waals surface area contributed by atoms with Crippen molar-refractivity contribution < 1.29 is 16.8 Å². The average molecular weight is 462 g/mol. The van der Waals surface area contributed by atoms with Gasteiger partial charge in [0.15, 0.2) is 0 Å². The van der Waals surface area contributed by atoms with Gasteiger partial charge in [0.2, 0.25) is 0 Å². The Balaban J connectivity index is 0.00000216. The molecule has 0 aromatic carbocycles. The van der Waals surface area contributed by atoms with Crippen LogP contribution >= 0.6 is 0 Å². The third kappa shape index (κ3) is 3.79. The number of aliphatic imine (C=N–C) groups is 1. The molecule has 8 bridgehead atoms. The number of hydrogen-bond acceptors (Lipinski definition) is 3. The van der Waals surface area contributed by atoms with Gasteiger partial charge < -0.3 is 9.97 Å². The minimum Gasteiger partial charge on any atom is -0.355 e. The summed E-state index contributed by atoms with van der Waals surface area (Å²) in [6, 6.07) is 14.7. The molecule has 3 aliphatic rings. The summed E-state index contributed by atoms with van der Waals surface area (Å²) in [6.45, 7) is 2.25. The van der Waals surface area contributed by atoms with E-state index < -0.39 is 0 Å². The zero-order valence-corrected chi connectivity index (χ0v) is 18.5. The van der Waals surface area contributed by atoms with Gasteiger partial charge in [-0.15, -0.1) is 0 Å². The van der Waals surface area contributed by atoms with Gasteiger partial charge in [-0.1, -0.05) is 13.0 Å². The Morgan fingerprint density at radius 2 is 1.41 bits per heavy atom. The molecule has 1 radical (unpaired) electrons. The van der Waals surface area contributed by atoms with Gasteiger partial charge in [-0.25, -0.2) is 9.97 Å². The van der Waals surface area contributed by atoms with E-state index in [0.29, 0.717) is 0 Å². The molecule has 32 heavy (non-hydrogen) atoms. The van der Waals surface area contributed by atoms with E-state index in [4.69, 9.17) is 4.98 Å². The van der Waals surface area contributed by atoms with E-state index >= 15 is 0 Å². The molecule has 1 unspecified atom stereocenters. The number of hydrogen-bond donors (Lipinski definition) is 2. The molecule has 3 aromatic rings. The Kier molecular flexibility index (Phi) is 5.04. The third-order valence-corrected chi connectivity index (χ3v) is 5.93. The maximum absolute atomic E-state index is 4.79. The fourth-order valence-electron chi connectivity index (χ4n) is 4.27. The van der Waals surface area contributed by atoms with Crippen LogP contribution in [0.2, 0.25) is 0 Å². The molecule has 0 fully saturated rings. The predicted molar refractivity (Wildman–Crippen MR) is 128 cm³/mol. The van der Waals surface area contributed by atoms with Crippen molar-refractivity contribution in [2.45, 2.75) is 18.8 Å². The van der Waals surface area contributed by atoms with Gasteiger partial charge in [0.05, 0.1) is 22.8 Å². The van der Waals surface area contributed by atoms with Crippen molar-refractivity contribution in [2.75, 3.05) is 0 Å². The number of nitrogens with zero attached hydrogens (tertiary/aromatic N) is 3. The molecular formula is C26H21CoN5. The minimum absolute atomic E-state index is 0. The first-order valence-corrected chi connectivity index (χ1v) is 10.4. The van der Waals surface area contributed by atoms with Crippen LogP contribution in [0.15, 0.2) is 59.7 Å². The summed E-state index contributed by atoms with van der Waals surface area (Å²) < 4.78 is 0. The second-order valence-corrected chi connectivity index (χ2v) is 8.36. The number of nitrogens with one attached hydrogen (secondary N) is 2. The summed E-state index contributed by atoms with van der Waals surface area (Å²) >= 11 is 0. The van der Waals surface area contributed by atoms with E-state index in [1.54, 1.807) is 0 Å². The van der Waals surface area contributed by atoms with E-state index in [1.165, 1.54) is 5.56 Å². The second-order valence-electron chi connectivity index (χ2n) is 8.36. The van der Waals surface area contributed by atoms with Crippen LogP contribution in [0.3, 0.4) is 0 Å². The molecule has 3 aromatic heterocycles. The molecule has 5 nitrogen and oxygen atoms in total. The summed E-state index contributed by atoms with van der Waals surface area (Å²) in [5.74, 6) is 0. The smallest absolute Gasteiger partial charge is 0.0659 e. The van der Waals surface area contributed by atoms with Crippen LogP contribution in [-0.4, -0.2) is 26.2 Å². The molecule has 0 spiro atoms. The van der Waals surface area contributed by atoms with Crippen molar-refractivity contribution in [3.8, 4) is 0 Å². The van der Waals surface area contributed by atoms with Crippen molar-refractivity contribution in [2.24, 2.45) is 4.99 Å². The van der Waals surface area contributed by atoms with Crippen LogP contribution in [-0.2, 0) is 22.2 Å². The number of H-pyrrole nitrogens is 2. The molecule has 0 aliphatic carbocycles. The number of fused-ring (bicyclic) bond motifs is 8. The summed E-state index contributed by atoms with van der Waals surface area (Å²) in [6.07, 6.45) is 15.0. The maximum atomic E-state index is 4.79. The topological polar surface area (TPSA) is 69.7 Å². The minimum atomic E-state index is -0.120. The van der Waals surface area contributed by atoms with Crippen LogP contribution in [0.25, 0.3) is 46.4 Å². The molecular weight excluding hydrogens is 441 g/mol. The summed E-state index contributed by atoms with van der Waals surface area (Å²) in [7, 11) is 0. The largest absolute Gasteiger partial charge is 0.355 e. The fraction of sp³-hybridized carbons (Fsp3) is 0.115. The Morgan fingerprint density at radius 3 is 2.09 bits per heavy atom. The summed E-state index contributed by atoms with van der Waals surface area (Å²) in [5.41, 5.74) is 8.94. The molecule has 1 atom stereocenters. The van der Waals surface area contributed by atoms with Crippen LogP contribution in [0, 0.1) is 0 Å². The molecule has 159 valence electrons. The molecule has 2 N–H and O–H groups in total. The van der Waals surface area contributed by atoms with Gasteiger partial charge in [0.1, 0.15) is 0 Å². The normalized spacial score (nSPS) is 18.7. The zero-order chi connectivity index (χ0) is 20.8. The quantitative estimate of drug-likeness (QED) is 0.326. The number of aromatic nitrogens is 4.